The molecule has 1 aliphatic rings. The van der Waals surface area contributed by atoms with Gasteiger partial charge in [0.15, 0.2) is 11.5 Å². The lowest BCUT2D eigenvalue weighted by molar-refractivity contribution is -0.126. The summed E-state index contributed by atoms with van der Waals surface area (Å²) in [5.74, 6) is -0.267. The largest absolute Gasteiger partial charge is 0.346 e. The lowest BCUT2D eigenvalue weighted by atomic mass is 10.0. The molecule has 0 spiro atoms. The number of pyridine rings is 1. The Balaban J connectivity index is 1.50. The molecule has 4 rings (SSSR count). The molecular weight excluding hydrogens is 396 g/mol. The van der Waals surface area contributed by atoms with Gasteiger partial charge in [-0.2, -0.15) is 0 Å². The fourth-order valence-electron chi connectivity index (χ4n) is 3.69. The second-order valence-electron chi connectivity index (χ2n) is 8.00. The summed E-state index contributed by atoms with van der Waals surface area (Å²) < 4.78 is 1.84. The maximum atomic E-state index is 12.9. The van der Waals surface area contributed by atoms with Crippen LogP contribution in [0.25, 0.3) is 5.65 Å². The second-order valence-corrected chi connectivity index (χ2v) is 8.00. The number of para-hydroxylation sites is 1. The molecule has 1 aromatic carbocycles. The summed E-state index contributed by atoms with van der Waals surface area (Å²) >= 11 is 0. The van der Waals surface area contributed by atoms with E-state index in [-0.39, 0.29) is 24.3 Å². The molecule has 9 nitrogen and oxygen atoms in total. The maximum Gasteiger partial charge on any atom is 0.254 e. The molecule has 0 bridgehead atoms. The molecule has 3 heterocycles. The Morgan fingerprint density at radius 1 is 1.13 bits per heavy atom. The Kier molecular flexibility index (Phi) is 5.66. The maximum absolute atomic E-state index is 12.9. The number of anilines is 1. The number of rotatable bonds is 6. The lowest BCUT2D eigenvalue weighted by Gasteiger charge is -2.21. The van der Waals surface area contributed by atoms with Crippen LogP contribution in [0.15, 0.2) is 48.7 Å². The molecule has 3 aromatic rings. The average molecular weight is 420 g/mol. The Labute approximate surface area is 179 Å². The Morgan fingerprint density at radius 3 is 2.71 bits per heavy atom. The van der Waals surface area contributed by atoms with Crippen LogP contribution in [0.3, 0.4) is 0 Å². The molecular formula is C22H24N6O3. The summed E-state index contributed by atoms with van der Waals surface area (Å²) in [6.07, 6.45) is 2.31. The van der Waals surface area contributed by atoms with Crippen LogP contribution in [0.2, 0.25) is 0 Å². The van der Waals surface area contributed by atoms with Gasteiger partial charge in [0.1, 0.15) is 6.04 Å². The van der Waals surface area contributed by atoms with E-state index in [1.165, 1.54) is 0 Å². The van der Waals surface area contributed by atoms with Gasteiger partial charge >= 0.3 is 0 Å². The van der Waals surface area contributed by atoms with E-state index in [9.17, 15) is 14.4 Å². The number of nitrogens with zero attached hydrogens (tertiary/aromatic N) is 3. The fourth-order valence-corrected chi connectivity index (χ4v) is 3.69. The van der Waals surface area contributed by atoms with Gasteiger partial charge in [-0.25, -0.2) is 0 Å². The first-order valence-corrected chi connectivity index (χ1v) is 10.2. The number of aromatic nitrogens is 3. The molecule has 0 fully saturated rings. The first-order chi connectivity index (χ1) is 14.9. The van der Waals surface area contributed by atoms with E-state index in [0.717, 1.165) is 0 Å². The molecule has 3 N–H and O–H groups in total. The third-order valence-corrected chi connectivity index (χ3v) is 5.13. The Bertz CT molecular complexity index is 1140. The summed E-state index contributed by atoms with van der Waals surface area (Å²) in [6.45, 7) is 4.11. The van der Waals surface area contributed by atoms with Gasteiger partial charge < -0.3 is 16.0 Å². The molecule has 1 aliphatic heterocycles. The fraction of sp³-hybridized carbons (Fsp3) is 0.318. The van der Waals surface area contributed by atoms with Crippen molar-refractivity contribution >= 4 is 29.1 Å². The third-order valence-electron chi connectivity index (χ3n) is 5.13. The molecule has 0 saturated heterocycles. The van der Waals surface area contributed by atoms with Crippen LogP contribution in [-0.2, 0) is 9.59 Å². The highest BCUT2D eigenvalue weighted by atomic mass is 16.2. The van der Waals surface area contributed by atoms with Gasteiger partial charge in [0.2, 0.25) is 11.8 Å². The number of amides is 3. The average Bonchev–Trinajstić information content (AvgIpc) is 3.12. The van der Waals surface area contributed by atoms with Gasteiger partial charge in [0.25, 0.3) is 5.91 Å². The molecule has 31 heavy (non-hydrogen) atoms. The zero-order valence-corrected chi connectivity index (χ0v) is 17.3. The number of hydrogen-bond acceptors (Lipinski definition) is 5. The van der Waals surface area contributed by atoms with Crippen molar-refractivity contribution < 1.29 is 14.4 Å². The Morgan fingerprint density at radius 2 is 1.90 bits per heavy atom. The summed E-state index contributed by atoms with van der Waals surface area (Å²) in [6, 6.07) is 11.0. The van der Waals surface area contributed by atoms with Gasteiger partial charge in [-0.3, -0.25) is 18.8 Å². The SMILES string of the molecule is CC(C)CC(NC(=O)CC1NC(=O)c2ccccc2NC1=O)c1nnc2ccccn12. The first kappa shape index (κ1) is 20.5. The molecule has 0 radical (unpaired) electrons. The minimum atomic E-state index is -0.977. The van der Waals surface area contributed by atoms with Gasteiger partial charge in [-0.05, 0) is 36.6 Å². The topological polar surface area (TPSA) is 117 Å². The molecule has 2 atom stereocenters. The number of carbonyl (C=O) groups is 3. The summed E-state index contributed by atoms with van der Waals surface area (Å²) in [5.41, 5.74) is 1.49. The zero-order chi connectivity index (χ0) is 22.0. The predicted molar refractivity (Wildman–Crippen MR) is 114 cm³/mol. The van der Waals surface area contributed by atoms with Gasteiger partial charge in [0.05, 0.1) is 23.7 Å². The highest BCUT2D eigenvalue weighted by Crippen LogP contribution is 2.22. The van der Waals surface area contributed by atoms with Crippen LogP contribution in [0.5, 0.6) is 0 Å². The minimum absolute atomic E-state index is 0.184. The summed E-state index contributed by atoms with van der Waals surface area (Å²) in [5, 5.41) is 16.8. The van der Waals surface area contributed by atoms with Crippen LogP contribution >= 0.6 is 0 Å². The number of fused-ring (bicyclic) bond motifs is 2. The number of benzene rings is 1. The van der Waals surface area contributed by atoms with E-state index in [2.05, 4.69) is 40.0 Å². The predicted octanol–water partition coefficient (Wildman–Crippen LogP) is 2.07. The van der Waals surface area contributed by atoms with Gasteiger partial charge in [-0.1, -0.05) is 32.0 Å². The van der Waals surface area contributed by atoms with Crippen LogP contribution in [-0.4, -0.2) is 38.4 Å². The van der Waals surface area contributed by atoms with E-state index in [4.69, 9.17) is 0 Å². The van der Waals surface area contributed by atoms with E-state index in [1.54, 1.807) is 24.3 Å². The van der Waals surface area contributed by atoms with Crippen molar-refractivity contribution in [3.63, 3.8) is 0 Å². The molecule has 2 unspecified atom stereocenters. The lowest BCUT2D eigenvalue weighted by Crippen LogP contribution is -2.45. The van der Waals surface area contributed by atoms with E-state index < -0.39 is 17.9 Å². The number of hydrogen-bond donors (Lipinski definition) is 3. The zero-order valence-electron chi connectivity index (χ0n) is 17.3. The normalized spacial score (nSPS) is 16.9. The Hall–Kier alpha value is -3.75. The van der Waals surface area contributed by atoms with Crippen molar-refractivity contribution in [1.29, 1.82) is 0 Å². The molecule has 0 saturated carbocycles. The highest BCUT2D eigenvalue weighted by molar-refractivity contribution is 6.10. The molecule has 3 amide bonds. The van der Waals surface area contributed by atoms with E-state index in [1.807, 2.05) is 28.8 Å². The number of nitrogens with one attached hydrogen (secondary N) is 3. The van der Waals surface area contributed by atoms with E-state index >= 15 is 0 Å². The summed E-state index contributed by atoms with van der Waals surface area (Å²) in [7, 11) is 0. The first-order valence-electron chi connectivity index (χ1n) is 10.2. The molecule has 0 aliphatic carbocycles. The van der Waals surface area contributed by atoms with E-state index in [0.29, 0.717) is 29.1 Å². The number of carbonyl (C=O) groups excluding carboxylic acids is 3. The highest BCUT2D eigenvalue weighted by Gasteiger charge is 2.30. The van der Waals surface area contributed by atoms with Crippen molar-refractivity contribution in [3.8, 4) is 0 Å². The van der Waals surface area contributed by atoms with Crippen molar-refractivity contribution in [2.75, 3.05) is 5.32 Å². The van der Waals surface area contributed by atoms with Crippen molar-refractivity contribution in [2.24, 2.45) is 5.92 Å². The van der Waals surface area contributed by atoms with Crippen LogP contribution in [0.4, 0.5) is 5.69 Å². The summed E-state index contributed by atoms with van der Waals surface area (Å²) in [4.78, 5) is 38.0. The van der Waals surface area contributed by atoms with Crippen molar-refractivity contribution in [3.05, 3.63) is 60.0 Å². The van der Waals surface area contributed by atoms with Crippen LogP contribution in [0, 0.1) is 5.92 Å². The third kappa shape index (κ3) is 4.40. The quantitative estimate of drug-likeness (QED) is 0.564. The molecule has 9 heteroatoms. The minimum Gasteiger partial charge on any atom is -0.346 e. The monoisotopic (exact) mass is 420 g/mol. The van der Waals surface area contributed by atoms with Gasteiger partial charge in [0, 0.05) is 6.20 Å². The second kappa shape index (κ2) is 8.55. The molecule has 2 aromatic heterocycles. The standard InChI is InChI=1S/C22H24N6O3/c1-13(2)11-16(20-27-26-18-9-5-6-10-28(18)20)23-19(29)12-17-22(31)24-15-8-4-3-7-14(15)21(30)25-17/h3-10,13,16-17H,11-12H2,1-2H3,(H,23,29)(H,24,31)(H,25,30). The van der Waals surface area contributed by atoms with Gasteiger partial charge in [-0.15, -0.1) is 10.2 Å². The molecule has 160 valence electrons. The smallest absolute Gasteiger partial charge is 0.254 e. The van der Waals surface area contributed by atoms with Crippen molar-refractivity contribution in [1.82, 2.24) is 25.2 Å². The van der Waals surface area contributed by atoms with Crippen LogP contribution in [0.1, 0.15) is 48.9 Å². The van der Waals surface area contributed by atoms with Crippen LogP contribution < -0.4 is 16.0 Å². The van der Waals surface area contributed by atoms with Crippen molar-refractivity contribution in [2.45, 2.75) is 38.8 Å².